The van der Waals surface area contributed by atoms with E-state index in [1.54, 1.807) is 48.5 Å². The number of carbonyl (C=O) groups is 2. The molecule has 0 spiro atoms. The summed E-state index contributed by atoms with van der Waals surface area (Å²) in [6, 6.07) is 14.1. The van der Waals surface area contributed by atoms with Gasteiger partial charge in [0.05, 0.1) is 17.8 Å². The standard InChI is InChI=1S/C38H44ClN9O6S/c1-46-33-32(29(18-42)36(48-34(33)45)55-22-26-19-52-35(47-26)24-8-12-25(39)13-9-24)23-10-14-27(15-11-23)51-20-28(54-38(50)31(44)7-3-5-17-41)21-53-37(49)30(43)6-2-4-16-40/h8-15,19,28,30-31H,2-7,16-17,20-22,40-41,43-44H2,(H2,45,48)/t28-,30-,31-/m0/s1. The number of rotatable bonds is 21. The first-order valence-corrected chi connectivity index (χ1v) is 18.9. The monoisotopic (exact) mass is 789 g/mol. The van der Waals surface area contributed by atoms with E-state index in [2.05, 4.69) is 20.9 Å². The average molecular weight is 790 g/mol. The van der Waals surface area contributed by atoms with Crippen LogP contribution in [0.1, 0.15) is 49.8 Å². The van der Waals surface area contributed by atoms with Crippen molar-refractivity contribution in [1.82, 2.24) is 9.97 Å². The first kappa shape index (κ1) is 42.5. The van der Waals surface area contributed by atoms with Crippen molar-refractivity contribution in [2.24, 2.45) is 22.9 Å². The highest BCUT2D eigenvalue weighted by molar-refractivity contribution is 7.98. The fraction of sp³-hybridized carbons (Fsp3) is 0.368. The fourth-order valence-corrected chi connectivity index (χ4v) is 6.22. The molecule has 4 aromatic rings. The van der Waals surface area contributed by atoms with Crippen LogP contribution >= 0.6 is 23.4 Å². The lowest BCUT2D eigenvalue weighted by Gasteiger charge is -2.21. The summed E-state index contributed by atoms with van der Waals surface area (Å²) in [5.74, 6) is -0.262. The minimum atomic E-state index is -1.00. The van der Waals surface area contributed by atoms with Gasteiger partial charge >= 0.3 is 11.9 Å². The predicted octanol–water partition coefficient (Wildman–Crippen LogP) is 5.10. The third-order valence-electron chi connectivity index (χ3n) is 8.21. The molecule has 2 aromatic carbocycles. The van der Waals surface area contributed by atoms with Gasteiger partial charge in [-0.1, -0.05) is 48.3 Å². The number of nitrogens with two attached hydrogens (primary N) is 5. The highest BCUT2D eigenvalue weighted by Gasteiger charge is 2.25. The number of nitrogen functional groups attached to an aromatic ring is 1. The zero-order valence-electron chi connectivity index (χ0n) is 30.1. The molecule has 0 bridgehead atoms. The molecule has 0 radical (unpaired) electrons. The van der Waals surface area contributed by atoms with Gasteiger partial charge in [0.2, 0.25) is 11.6 Å². The van der Waals surface area contributed by atoms with Crippen molar-refractivity contribution in [3.8, 4) is 34.4 Å². The van der Waals surface area contributed by atoms with Gasteiger partial charge in [0, 0.05) is 21.9 Å². The third-order valence-corrected chi connectivity index (χ3v) is 9.47. The van der Waals surface area contributed by atoms with Gasteiger partial charge in [0.25, 0.3) is 0 Å². The van der Waals surface area contributed by atoms with Crippen molar-refractivity contribution in [1.29, 1.82) is 5.26 Å². The number of hydrogen-bond acceptors (Lipinski definition) is 15. The highest BCUT2D eigenvalue weighted by atomic mass is 35.5. The van der Waals surface area contributed by atoms with Crippen molar-refractivity contribution in [2.45, 2.75) is 67.5 Å². The Morgan fingerprint density at radius 2 is 1.56 bits per heavy atom. The Morgan fingerprint density at radius 3 is 2.18 bits per heavy atom. The molecular weight excluding hydrogens is 746 g/mol. The van der Waals surface area contributed by atoms with E-state index in [1.807, 2.05) is 0 Å². The number of anilines is 1. The second kappa shape index (κ2) is 21.6. The normalized spacial score (nSPS) is 12.6. The molecule has 2 heterocycles. The van der Waals surface area contributed by atoms with Gasteiger partial charge in [-0.25, -0.2) is 14.8 Å². The molecule has 0 fully saturated rings. The second-order valence-corrected chi connectivity index (χ2v) is 13.8. The van der Waals surface area contributed by atoms with Gasteiger partial charge in [0.15, 0.2) is 6.10 Å². The van der Waals surface area contributed by atoms with Crippen LogP contribution in [0.5, 0.6) is 5.75 Å². The second-order valence-electron chi connectivity index (χ2n) is 12.4. The summed E-state index contributed by atoms with van der Waals surface area (Å²) in [5.41, 5.74) is 31.7. The topological polar surface area (TPSA) is 259 Å². The average Bonchev–Trinajstić information content (AvgIpc) is 3.67. The van der Waals surface area contributed by atoms with Gasteiger partial charge in [-0.05, 0) is 80.7 Å². The van der Waals surface area contributed by atoms with Crippen LogP contribution in [0.15, 0.2) is 64.2 Å². The molecular formula is C38H44ClN9O6S. The SMILES string of the molecule is [C-]#[N+]c1c(N)nc(SCc2coc(-c3ccc(Cl)cc3)n2)c(C#N)c1-c1ccc(OC[C@@H](COC(=O)[C@@H](N)CCCCN)OC(=O)[C@@H](N)CCCCN)cc1. The first-order valence-electron chi connectivity index (χ1n) is 17.5. The molecule has 0 saturated heterocycles. The summed E-state index contributed by atoms with van der Waals surface area (Å²) in [5, 5.41) is 11.2. The van der Waals surface area contributed by atoms with Crippen molar-refractivity contribution in [3.63, 3.8) is 0 Å². The highest BCUT2D eigenvalue weighted by Crippen LogP contribution is 2.42. The summed E-state index contributed by atoms with van der Waals surface area (Å²) >= 11 is 7.22. The minimum absolute atomic E-state index is 0.0267. The molecule has 0 aliphatic carbocycles. The van der Waals surface area contributed by atoms with E-state index in [1.165, 1.54) is 18.0 Å². The molecule has 10 N–H and O–H groups in total. The minimum Gasteiger partial charge on any atom is -0.490 e. The number of oxazole rings is 1. The number of halogens is 1. The van der Waals surface area contributed by atoms with Crippen LogP contribution < -0.4 is 33.4 Å². The fourth-order valence-electron chi connectivity index (χ4n) is 5.22. The number of carbonyl (C=O) groups excluding carboxylic acids is 2. The van der Waals surface area contributed by atoms with E-state index in [0.717, 1.165) is 12.0 Å². The van der Waals surface area contributed by atoms with E-state index in [4.69, 9.17) is 65.5 Å². The number of pyridine rings is 1. The Hall–Kier alpha value is -5.20. The summed E-state index contributed by atoms with van der Waals surface area (Å²) in [6.45, 7) is 8.27. The van der Waals surface area contributed by atoms with E-state index >= 15 is 0 Å². The van der Waals surface area contributed by atoms with Crippen LogP contribution in [0.4, 0.5) is 11.5 Å². The first-order chi connectivity index (χ1) is 26.6. The zero-order valence-corrected chi connectivity index (χ0v) is 31.7. The van der Waals surface area contributed by atoms with Gasteiger partial charge in [-0.15, -0.1) is 0 Å². The van der Waals surface area contributed by atoms with Crippen molar-refractivity contribution in [3.05, 3.63) is 82.5 Å². The molecule has 4 rings (SSSR count). The van der Waals surface area contributed by atoms with Gasteiger partial charge in [0.1, 0.15) is 54.2 Å². The van der Waals surface area contributed by atoms with E-state index in [0.29, 0.717) is 89.5 Å². The number of benzene rings is 2. The number of nitriles is 1. The molecule has 0 amide bonds. The quantitative estimate of drug-likeness (QED) is 0.0318. The van der Waals surface area contributed by atoms with Gasteiger partial charge in [-0.2, -0.15) is 5.26 Å². The van der Waals surface area contributed by atoms with Crippen LogP contribution in [0, 0.1) is 17.9 Å². The van der Waals surface area contributed by atoms with Crippen molar-refractivity contribution in [2.75, 3.05) is 32.0 Å². The lowest BCUT2D eigenvalue weighted by Crippen LogP contribution is -2.40. The molecule has 0 aliphatic rings. The van der Waals surface area contributed by atoms with Crippen molar-refractivity contribution >= 4 is 46.8 Å². The van der Waals surface area contributed by atoms with E-state index in [-0.39, 0.29) is 30.3 Å². The molecule has 0 unspecified atom stereocenters. The maximum Gasteiger partial charge on any atom is 0.323 e. The molecule has 15 nitrogen and oxygen atoms in total. The number of aromatic nitrogens is 2. The molecule has 2 aromatic heterocycles. The Bertz CT molecular complexity index is 1970. The van der Waals surface area contributed by atoms with Gasteiger partial charge < -0.3 is 47.3 Å². The number of esters is 2. The Morgan fingerprint density at radius 1 is 0.927 bits per heavy atom. The van der Waals surface area contributed by atoms with Crippen LogP contribution in [-0.2, 0) is 24.8 Å². The summed E-state index contributed by atoms with van der Waals surface area (Å²) in [4.78, 5) is 37.8. The Labute approximate surface area is 328 Å². The summed E-state index contributed by atoms with van der Waals surface area (Å²) < 4.78 is 22.6. The molecule has 0 aliphatic heterocycles. The zero-order chi connectivity index (χ0) is 39.7. The van der Waals surface area contributed by atoms with E-state index in [9.17, 15) is 14.9 Å². The number of thioether (sulfide) groups is 1. The number of ether oxygens (including phenoxy) is 3. The van der Waals surface area contributed by atoms with Crippen LogP contribution in [-0.4, -0.2) is 66.4 Å². The number of nitrogens with zero attached hydrogens (tertiary/aromatic N) is 4. The molecule has 0 saturated carbocycles. The number of hydrogen-bond donors (Lipinski definition) is 5. The van der Waals surface area contributed by atoms with E-state index < -0.39 is 30.1 Å². The summed E-state index contributed by atoms with van der Waals surface area (Å²) in [7, 11) is 0. The largest absolute Gasteiger partial charge is 0.490 e. The number of unbranched alkanes of at least 4 members (excludes halogenated alkanes) is 2. The molecule has 290 valence electrons. The van der Waals surface area contributed by atoms with Crippen LogP contribution in [0.2, 0.25) is 5.02 Å². The van der Waals surface area contributed by atoms with Crippen molar-refractivity contribution < 1.29 is 28.2 Å². The lowest BCUT2D eigenvalue weighted by atomic mass is 10.00. The maximum absolute atomic E-state index is 12.8. The van der Waals surface area contributed by atoms with Gasteiger partial charge in [-0.3, -0.25) is 9.59 Å². The van der Waals surface area contributed by atoms with Crippen LogP contribution in [0.3, 0.4) is 0 Å². The van der Waals surface area contributed by atoms with Crippen LogP contribution in [0.25, 0.3) is 27.4 Å². The third kappa shape index (κ3) is 12.4. The predicted molar refractivity (Wildman–Crippen MR) is 210 cm³/mol. The maximum atomic E-state index is 12.8. The molecule has 55 heavy (non-hydrogen) atoms. The lowest BCUT2D eigenvalue weighted by molar-refractivity contribution is -0.162. The molecule has 17 heteroatoms. The molecule has 3 atom stereocenters. The summed E-state index contributed by atoms with van der Waals surface area (Å²) in [6.07, 6.45) is 4.03. The smallest absolute Gasteiger partial charge is 0.323 e. The Kier molecular flexibility index (Phi) is 16.7. The Balaban J connectivity index is 1.48.